The molecular formula is C21H20BrN5O2S. The summed E-state index contributed by atoms with van der Waals surface area (Å²) in [7, 11) is 1.58. The van der Waals surface area contributed by atoms with Crippen LogP contribution in [0.25, 0.3) is 0 Å². The summed E-state index contributed by atoms with van der Waals surface area (Å²) >= 11 is 4.99. The molecule has 0 bridgehead atoms. The first-order chi connectivity index (χ1) is 14.5. The van der Waals surface area contributed by atoms with Crippen LogP contribution < -0.4 is 15.4 Å². The summed E-state index contributed by atoms with van der Waals surface area (Å²) in [5.41, 5.74) is 2.81. The van der Waals surface area contributed by atoms with Crippen molar-refractivity contribution in [2.45, 2.75) is 18.1 Å². The zero-order valence-electron chi connectivity index (χ0n) is 16.6. The van der Waals surface area contributed by atoms with Crippen molar-refractivity contribution in [3.05, 3.63) is 69.8 Å². The van der Waals surface area contributed by atoms with Crippen molar-refractivity contribution in [1.29, 1.82) is 0 Å². The second-order valence-electron chi connectivity index (χ2n) is 6.64. The van der Waals surface area contributed by atoms with Gasteiger partial charge in [-0.1, -0.05) is 52.0 Å². The van der Waals surface area contributed by atoms with Crippen LogP contribution in [0.1, 0.15) is 18.5 Å². The summed E-state index contributed by atoms with van der Waals surface area (Å²) in [5.74, 6) is 0.968. The number of allylic oxidation sites excluding steroid dienone is 1. The van der Waals surface area contributed by atoms with E-state index in [1.54, 1.807) is 11.8 Å². The van der Waals surface area contributed by atoms with Crippen molar-refractivity contribution < 1.29 is 9.53 Å². The largest absolute Gasteiger partial charge is 0.495 e. The van der Waals surface area contributed by atoms with Gasteiger partial charge in [-0.2, -0.15) is 4.98 Å². The molecule has 4 rings (SSSR count). The van der Waals surface area contributed by atoms with Crippen molar-refractivity contribution in [2.75, 3.05) is 24.0 Å². The minimum Gasteiger partial charge on any atom is -0.495 e. The lowest BCUT2D eigenvalue weighted by Crippen LogP contribution is -2.31. The Morgan fingerprint density at radius 2 is 2.07 bits per heavy atom. The van der Waals surface area contributed by atoms with E-state index in [1.807, 2.05) is 61.7 Å². The highest BCUT2D eigenvalue weighted by atomic mass is 79.9. The number of carbonyl (C=O) groups is 1. The number of hydrogen-bond donors (Lipinski definition) is 2. The average Bonchev–Trinajstić information content (AvgIpc) is 3.15. The second kappa shape index (κ2) is 8.53. The van der Waals surface area contributed by atoms with E-state index < -0.39 is 6.04 Å². The maximum absolute atomic E-state index is 13.5. The molecule has 0 fully saturated rings. The molecule has 0 saturated carbocycles. The van der Waals surface area contributed by atoms with E-state index in [0.29, 0.717) is 28.1 Å². The van der Waals surface area contributed by atoms with Gasteiger partial charge in [0.05, 0.1) is 18.4 Å². The summed E-state index contributed by atoms with van der Waals surface area (Å²) in [6.07, 6.45) is 1.92. The number of carbonyl (C=O) groups excluding carboxylic acids is 1. The third kappa shape index (κ3) is 3.82. The number of amides is 1. The van der Waals surface area contributed by atoms with Gasteiger partial charge in [-0.15, -0.1) is 5.10 Å². The number of para-hydroxylation sites is 2. The van der Waals surface area contributed by atoms with E-state index in [4.69, 9.17) is 4.74 Å². The molecule has 1 aliphatic rings. The van der Waals surface area contributed by atoms with Crippen LogP contribution in [0.5, 0.6) is 5.75 Å². The van der Waals surface area contributed by atoms with Gasteiger partial charge in [-0.3, -0.25) is 4.79 Å². The fourth-order valence-corrected chi connectivity index (χ4v) is 4.20. The number of ether oxygens (including phenoxy) is 1. The number of nitrogens with zero attached hydrogens (tertiary/aromatic N) is 3. The molecule has 1 atom stereocenters. The summed E-state index contributed by atoms with van der Waals surface area (Å²) in [6, 6.07) is 14.8. The fourth-order valence-electron chi connectivity index (χ4n) is 3.43. The maximum atomic E-state index is 13.5. The number of aromatic nitrogens is 3. The Morgan fingerprint density at radius 1 is 1.27 bits per heavy atom. The first-order valence-corrected chi connectivity index (χ1v) is 11.2. The molecule has 1 amide bonds. The zero-order chi connectivity index (χ0) is 21.3. The molecule has 2 heterocycles. The number of halogens is 1. The van der Waals surface area contributed by atoms with Gasteiger partial charge in [0.15, 0.2) is 0 Å². The smallest absolute Gasteiger partial charge is 0.255 e. The van der Waals surface area contributed by atoms with E-state index in [1.165, 1.54) is 11.8 Å². The Labute approximate surface area is 187 Å². The van der Waals surface area contributed by atoms with Gasteiger partial charge < -0.3 is 15.4 Å². The van der Waals surface area contributed by atoms with E-state index in [0.717, 1.165) is 15.7 Å². The standard InChI is InChI=1S/C21H20BrN5O2S/c1-12-17(19(28)24-15-9-4-5-10-16(15)29-2)18(13-7-6-8-14(22)11-13)27-20(23-12)25-21(26-27)30-3/h4-11,18H,1-3H3,(H,24,28)(H,23,25,26). The summed E-state index contributed by atoms with van der Waals surface area (Å²) in [5, 5.41) is 11.5. The van der Waals surface area contributed by atoms with Crippen LogP contribution in [0, 0.1) is 0 Å². The molecule has 3 aromatic rings. The highest BCUT2D eigenvalue weighted by Gasteiger charge is 2.34. The van der Waals surface area contributed by atoms with E-state index >= 15 is 0 Å². The number of fused-ring (bicyclic) bond motifs is 1. The van der Waals surface area contributed by atoms with Crippen LogP contribution in [0.3, 0.4) is 0 Å². The predicted octanol–water partition coefficient (Wildman–Crippen LogP) is 4.70. The number of nitrogens with one attached hydrogen (secondary N) is 2. The molecule has 2 aromatic carbocycles. The minimum atomic E-state index is -0.429. The lowest BCUT2D eigenvalue weighted by Gasteiger charge is -2.29. The maximum Gasteiger partial charge on any atom is 0.255 e. The normalized spacial score (nSPS) is 15.4. The summed E-state index contributed by atoms with van der Waals surface area (Å²) in [6.45, 7) is 1.87. The van der Waals surface area contributed by atoms with Crippen LogP contribution in [0.2, 0.25) is 0 Å². The van der Waals surface area contributed by atoms with Crippen molar-refractivity contribution in [3.8, 4) is 5.75 Å². The molecule has 0 radical (unpaired) electrons. The molecular weight excluding hydrogens is 466 g/mol. The van der Waals surface area contributed by atoms with Crippen molar-refractivity contribution >= 4 is 45.2 Å². The first kappa shape index (κ1) is 20.5. The average molecular weight is 486 g/mol. The Morgan fingerprint density at radius 3 is 2.80 bits per heavy atom. The number of hydrogen-bond acceptors (Lipinski definition) is 6. The van der Waals surface area contributed by atoms with Crippen molar-refractivity contribution in [3.63, 3.8) is 0 Å². The van der Waals surface area contributed by atoms with Crippen LogP contribution in [-0.2, 0) is 4.79 Å². The minimum absolute atomic E-state index is 0.235. The third-order valence-electron chi connectivity index (χ3n) is 4.78. The monoisotopic (exact) mass is 485 g/mol. The van der Waals surface area contributed by atoms with Crippen LogP contribution in [0.15, 0.2) is 69.4 Å². The lowest BCUT2D eigenvalue weighted by molar-refractivity contribution is -0.113. The van der Waals surface area contributed by atoms with E-state index in [-0.39, 0.29) is 5.91 Å². The van der Waals surface area contributed by atoms with E-state index in [2.05, 4.69) is 36.6 Å². The predicted molar refractivity (Wildman–Crippen MR) is 122 cm³/mol. The van der Waals surface area contributed by atoms with E-state index in [9.17, 15) is 4.79 Å². The molecule has 154 valence electrons. The molecule has 1 aliphatic heterocycles. The molecule has 7 nitrogen and oxygen atoms in total. The van der Waals surface area contributed by atoms with Gasteiger partial charge in [0.25, 0.3) is 5.91 Å². The quantitative estimate of drug-likeness (QED) is 0.509. The van der Waals surface area contributed by atoms with Gasteiger partial charge in [-0.05, 0) is 43.0 Å². The Hall–Kier alpha value is -2.78. The number of thioether (sulfide) groups is 1. The molecule has 1 unspecified atom stereocenters. The molecule has 0 aliphatic carbocycles. The van der Waals surface area contributed by atoms with Crippen molar-refractivity contribution in [2.24, 2.45) is 0 Å². The van der Waals surface area contributed by atoms with Gasteiger partial charge in [0, 0.05) is 10.2 Å². The number of benzene rings is 2. The highest BCUT2D eigenvalue weighted by Crippen LogP contribution is 2.37. The number of rotatable bonds is 5. The molecule has 30 heavy (non-hydrogen) atoms. The number of methoxy groups -OCH3 is 1. The molecule has 0 spiro atoms. The first-order valence-electron chi connectivity index (χ1n) is 9.20. The molecule has 9 heteroatoms. The highest BCUT2D eigenvalue weighted by molar-refractivity contribution is 9.10. The Bertz CT molecular complexity index is 1140. The van der Waals surface area contributed by atoms with Gasteiger partial charge >= 0.3 is 0 Å². The molecule has 2 N–H and O–H groups in total. The zero-order valence-corrected chi connectivity index (χ0v) is 19.0. The lowest BCUT2D eigenvalue weighted by atomic mass is 9.95. The Balaban J connectivity index is 1.80. The van der Waals surface area contributed by atoms with Gasteiger partial charge in [-0.25, -0.2) is 4.68 Å². The fraction of sp³-hybridized carbons (Fsp3) is 0.190. The van der Waals surface area contributed by atoms with Gasteiger partial charge in [0.1, 0.15) is 11.8 Å². The Kier molecular flexibility index (Phi) is 5.83. The SMILES string of the molecule is COc1ccccc1NC(=O)C1=C(C)Nc2nc(SC)nn2C1c1cccc(Br)c1. The molecule has 0 saturated heterocycles. The van der Waals surface area contributed by atoms with Gasteiger partial charge in [0.2, 0.25) is 11.1 Å². The summed E-state index contributed by atoms with van der Waals surface area (Å²) in [4.78, 5) is 18.0. The summed E-state index contributed by atoms with van der Waals surface area (Å²) < 4.78 is 8.06. The molecule has 1 aromatic heterocycles. The van der Waals surface area contributed by atoms with Crippen LogP contribution >= 0.6 is 27.7 Å². The van der Waals surface area contributed by atoms with Crippen LogP contribution in [-0.4, -0.2) is 34.0 Å². The van der Waals surface area contributed by atoms with Crippen molar-refractivity contribution in [1.82, 2.24) is 14.8 Å². The number of anilines is 2. The van der Waals surface area contributed by atoms with Crippen LogP contribution in [0.4, 0.5) is 11.6 Å². The second-order valence-corrected chi connectivity index (χ2v) is 8.33. The third-order valence-corrected chi connectivity index (χ3v) is 5.81. The topological polar surface area (TPSA) is 81.1 Å².